The molecule has 0 saturated carbocycles. The minimum absolute atomic E-state index is 0.0917. The molecule has 0 spiro atoms. The molecule has 0 bridgehead atoms. The van der Waals surface area contributed by atoms with E-state index < -0.39 is 0 Å². The highest BCUT2D eigenvalue weighted by Crippen LogP contribution is 2.27. The number of aromatic nitrogens is 1. The molecule has 17 heavy (non-hydrogen) atoms. The summed E-state index contributed by atoms with van der Waals surface area (Å²) in [6.07, 6.45) is 1.81. The van der Waals surface area contributed by atoms with Crippen LogP contribution < -0.4 is 4.90 Å². The van der Waals surface area contributed by atoms with Crippen molar-refractivity contribution < 1.29 is 5.11 Å². The molecule has 0 aliphatic carbocycles. The molecule has 90 valence electrons. The first-order chi connectivity index (χ1) is 8.06. The van der Waals surface area contributed by atoms with Gasteiger partial charge in [0.05, 0.1) is 12.1 Å². The third-order valence-corrected chi connectivity index (χ3v) is 3.27. The van der Waals surface area contributed by atoms with Gasteiger partial charge in [-0.05, 0) is 25.3 Å². The molecule has 0 aliphatic heterocycles. The van der Waals surface area contributed by atoms with Gasteiger partial charge < -0.3 is 10.0 Å². The minimum atomic E-state index is -0.322. The zero-order chi connectivity index (χ0) is 12.5. The van der Waals surface area contributed by atoms with Crippen molar-refractivity contribution in [3.8, 4) is 0 Å². The fourth-order valence-corrected chi connectivity index (χ4v) is 1.76. The predicted octanol–water partition coefficient (Wildman–Crippen LogP) is 2.44. The summed E-state index contributed by atoms with van der Waals surface area (Å²) in [5, 5.41) is 11.7. The zero-order valence-corrected chi connectivity index (χ0v) is 10.5. The molecule has 0 atom stereocenters. The molecule has 1 aromatic carbocycles. The minimum Gasteiger partial charge on any atom is -0.394 e. The van der Waals surface area contributed by atoms with Crippen LogP contribution in [-0.2, 0) is 0 Å². The Morgan fingerprint density at radius 1 is 1.24 bits per heavy atom. The van der Waals surface area contributed by atoms with Gasteiger partial charge in [0.2, 0.25) is 0 Å². The maximum atomic E-state index is 9.43. The van der Waals surface area contributed by atoms with Gasteiger partial charge in [-0.25, -0.2) is 4.98 Å². The van der Waals surface area contributed by atoms with Gasteiger partial charge in [0.25, 0.3) is 0 Å². The molecule has 3 nitrogen and oxygen atoms in total. The summed E-state index contributed by atoms with van der Waals surface area (Å²) in [5.74, 6) is 0.905. The molecule has 0 amide bonds. The van der Waals surface area contributed by atoms with Gasteiger partial charge in [0.1, 0.15) is 5.82 Å². The Morgan fingerprint density at radius 3 is 2.65 bits per heavy atom. The second-order valence-electron chi connectivity index (χ2n) is 4.89. The molecule has 0 unspecified atom stereocenters. The normalized spacial score (nSPS) is 11.8. The van der Waals surface area contributed by atoms with E-state index in [1.54, 1.807) is 0 Å². The monoisotopic (exact) mass is 230 g/mol. The van der Waals surface area contributed by atoms with Gasteiger partial charge >= 0.3 is 0 Å². The van der Waals surface area contributed by atoms with Crippen LogP contribution in [0.2, 0.25) is 0 Å². The largest absolute Gasteiger partial charge is 0.394 e. The molecule has 0 saturated heterocycles. The zero-order valence-electron chi connectivity index (χ0n) is 10.5. The van der Waals surface area contributed by atoms with Crippen LogP contribution in [0, 0.1) is 0 Å². The molecule has 3 heteroatoms. The number of anilines is 1. The Kier molecular flexibility index (Phi) is 3.03. The lowest BCUT2D eigenvalue weighted by atomic mass is 10.0. The van der Waals surface area contributed by atoms with E-state index in [1.807, 2.05) is 50.2 Å². The summed E-state index contributed by atoms with van der Waals surface area (Å²) in [7, 11) is 1.96. The summed E-state index contributed by atoms with van der Waals surface area (Å²) in [6, 6.07) is 10.1. The Hall–Kier alpha value is -1.61. The smallest absolute Gasteiger partial charge is 0.136 e. The van der Waals surface area contributed by atoms with Gasteiger partial charge in [-0.1, -0.05) is 24.3 Å². The summed E-state index contributed by atoms with van der Waals surface area (Å²) in [5.41, 5.74) is -0.322. The number of fused-ring (bicyclic) bond motifs is 1. The molecule has 0 radical (unpaired) electrons. The molecule has 0 aliphatic rings. The number of benzene rings is 1. The quantitative estimate of drug-likeness (QED) is 0.879. The third-order valence-electron chi connectivity index (χ3n) is 3.27. The van der Waals surface area contributed by atoms with Crippen LogP contribution in [0.15, 0.2) is 36.5 Å². The second kappa shape index (κ2) is 4.34. The number of pyridine rings is 1. The van der Waals surface area contributed by atoms with Crippen molar-refractivity contribution in [2.45, 2.75) is 19.4 Å². The highest BCUT2D eigenvalue weighted by atomic mass is 16.3. The molecule has 2 rings (SSSR count). The Bertz CT molecular complexity index is 517. The number of aliphatic hydroxyl groups excluding tert-OH is 1. The molecule has 1 aromatic heterocycles. The maximum Gasteiger partial charge on any atom is 0.136 e. The fourth-order valence-electron chi connectivity index (χ4n) is 1.76. The topological polar surface area (TPSA) is 36.4 Å². The van der Waals surface area contributed by atoms with Crippen molar-refractivity contribution >= 4 is 16.6 Å². The molecule has 1 N–H and O–H groups in total. The van der Waals surface area contributed by atoms with Crippen molar-refractivity contribution in [3.05, 3.63) is 36.5 Å². The third kappa shape index (κ3) is 2.11. The maximum absolute atomic E-state index is 9.43. The van der Waals surface area contributed by atoms with Gasteiger partial charge in [-0.3, -0.25) is 0 Å². The van der Waals surface area contributed by atoms with E-state index in [-0.39, 0.29) is 12.1 Å². The Balaban J connectivity index is 2.56. The lowest BCUT2D eigenvalue weighted by Gasteiger charge is -2.35. The number of likely N-dealkylation sites (N-methyl/N-ethyl adjacent to an activating group) is 1. The molecule has 0 fully saturated rings. The molecular weight excluding hydrogens is 212 g/mol. The Labute approximate surface area is 102 Å². The standard InChI is InChI=1S/C14H18N2O/c1-14(2,10-17)16(3)13-12-7-5-4-6-11(12)8-9-15-13/h4-9,17H,10H2,1-3H3. The molecule has 2 aromatic rings. The van der Waals surface area contributed by atoms with E-state index in [0.29, 0.717) is 0 Å². The van der Waals surface area contributed by atoms with Gasteiger partial charge in [-0.15, -0.1) is 0 Å². The lowest BCUT2D eigenvalue weighted by molar-refractivity contribution is 0.216. The van der Waals surface area contributed by atoms with E-state index in [9.17, 15) is 5.11 Å². The fraction of sp³-hybridized carbons (Fsp3) is 0.357. The summed E-state index contributed by atoms with van der Waals surface area (Å²) < 4.78 is 0. The summed E-state index contributed by atoms with van der Waals surface area (Å²) >= 11 is 0. The number of rotatable bonds is 3. The average Bonchev–Trinajstić information content (AvgIpc) is 2.37. The number of hydrogen-bond acceptors (Lipinski definition) is 3. The average molecular weight is 230 g/mol. The van der Waals surface area contributed by atoms with Crippen molar-refractivity contribution in [2.75, 3.05) is 18.6 Å². The molecular formula is C14H18N2O. The van der Waals surface area contributed by atoms with Gasteiger partial charge in [-0.2, -0.15) is 0 Å². The van der Waals surface area contributed by atoms with Crippen LogP contribution in [0.3, 0.4) is 0 Å². The summed E-state index contributed by atoms with van der Waals surface area (Å²) in [6.45, 7) is 4.08. The Morgan fingerprint density at radius 2 is 1.94 bits per heavy atom. The first-order valence-corrected chi connectivity index (χ1v) is 5.75. The SMILES string of the molecule is CN(c1nccc2ccccc12)C(C)(C)CO. The van der Waals surface area contributed by atoms with Crippen LogP contribution >= 0.6 is 0 Å². The van der Waals surface area contributed by atoms with E-state index in [0.717, 1.165) is 16.6 Å². The molecule has 1 heterocycles. The number of nitrogens with zero attached hydrogens (tertiary/aromatic N) is 2. The lowest BCUT2D eigenvalue weighted by Crippen LogP contribution is -2.44. The van der Waals surface area contributed by atoms with E-state index in [1.165, 1.54) is 0 Å². The van der Waals surface area contributed by atoms with Crippen molar-refractivity contribution in [2.24, 2.45) is 0 Å². The van der Waals surface area contributed by atoms with E-state index in [2.05, 4.69) is 17.1 Å². The van der Waals surface area contributed by atoms with Crippen LogP contribution in [0.25, 0.3) is 10.8 Å². The first-order valence-electron chi connectivity index (χ1n) is 5.75. The van der Waals surface area contributed by atoms with Crippen molar-refractivity contribution in [3.63, 3.8) is 0 Å². The van der Waals surface area contributed by atoms with Crippen LogP contribution in [0.5, 0.6) is 0 Å². The van der Waals surface area contributed by atoms with Gasteiger partial charge in [0.15, 0.2) is 0 Å². The number of aliphatic hydroxyl groups is 1. The van der Waals surface area contributed by atoms with E-state index in [4.69, 9.17) is 0 Å². The second-order valence-corrected chi connectivity index (χ2v) is 4.89. The van der Waals surface area contributed by atoms with Crippen LogP contribution in [-0.4, -0.2) is 29.3 Å². The van der Waals surface area contributed by atoms with Crippen LogP contribution in [0.1, 0.15) is 13.8 Å². The highest BCUT2D eigenvalue weighted by molar-refractivity contribution is 5.92. The first kappa shape index (κ1) is 11.9. The highest BCUT2D eigenvalue weighted by Gasteiger charge is 2.24. The van der Waals surface area contributed by atoms with Crippen molar-refractivity contribution in [1.29, 1.82) is 0 Å². The number of hydrogen-bond donors (Lipinski definition) is 1. The van der Waals surface area contributed by atoms with Crippen molar-refractivity contribution in [1.82, 2.24) is 4.98 Å². The van der Waals surface area contributed by atoms with Gasteiger partial charge in [0, 0.05) is 18.6 Å². The predicted molar refractivity (Wildman–Crippen MR) is 71.3 cm³/mol. The van der Waals surface area contributed by atoms with E-state index >= 15 is 0 Å². The summed E-state index contributed by atoms with van der Waals surface area (Å²) in [4.78, 5) is 6.46. The van der Waals surface area contributed by atoms with Crippen LogP contribution in [0.4, 0.5) is 5.82 Å².